The summed E-state index contributed by atoms with van der Waals surface area (Å²) in [5.74, 6) is 0.0365. The first-order valence-electron chi connectivity index (χ1n) is 7.70. The van der Waals surface area contributed by atoms with Crippen LogP contribution in [0.4, 0.5) is 11.4 Å². The van der Waals surface area contributed by atoms with E-state index in [1.54, 1.807) is 12.1 Å². The van der Waals surface area contributed by atoms with Crippen molar-refractivity contribution in [2.24, 2.45) is 10.9 Å². The molecule has 0 fully saturated rings. The molecule has 5 nitrogen and oxygen atoms in total. The summed E-state index contributed by atoms with van der Waals surface area (Å²) >= 11 is 5.14. The monoisotopic (exact) mass is 340 g/mol. The molecular weight excluding hydrogens is 320 g/mol. The second-order valence-electron chi connectivity index (χ2n) is 5.50. The fraction of sp³-hybridized carbons (Fsp3) is 0.222. The topological polar surface area (TPSA) is 82.5 Å². The number of nitrogens with one attached hydrogen (secondary N) is 1. The smallest absolute Gasteiger partial charge is 0.176 e. The lowest BCUT2D eigenvalue weighted by Gasteiger charge is -2.25. The van der Waals surface area contributed by atoms with Gasteiger partial charge in [-0.2, -0.15) is 0 Å². The Morgan fingerprint density at radius 1 is 1.29 bits per heavy atom. The number of hydrogen-bond acceptors (Lipinski definition) is 4. The van der Waals surface area contributed by atoms with E-state index in [4.69, 9.17) is 23.4 Å². The van der Waals surface area contributed by atoms with Gasteiger partial charge < -0.3 is 5.73 Å². The van der Waals surface area contributed by atoms with Crippen molar-refractivity contribution in [2.75, 3.05) is 4.90 Å². The average molecular weight is 340 g/mol. The number of para-hydroxylation sites is 1. The van der Waals surface area contributed by atoms with Crippen molar-refractivity contribution in [3.05, 3.63) is 64.1 Å². The molecule has 0 aliphatic rings. The fourth-order valence-electron chi connectivity index (χ4n) is 2.58. The van der Waals surface area contributed by atoms with E-state index >= 15 is 0 Å². The van der Waals surface area contributed by atoms with Crippen LogP contribution in [0.2, 0.25) is 0 Å². The molecule has 2 aromatic rings. The number of nitrogens with two attached hydrogens (primary N) is 1. The van der Waals surface area contributed by atoms with Crippen LogP contribution in [0, 0.1) is 17.2 Å². The Balaban J connectivity index is 2.50. The highest BCUT2D eigenvalue weighted by molar-refractivity contribution is 7.80. The average Bonchev–Trinajstić information content (AvgIpc) is 2.56. The zero-order chi connectivity index (χ0) is 17.7. The summed E-state index contributed by atoms with van der Waals surface area (Å²) in [5.41, 5.74) is 9.14. The summed E-state index contributed by atoms with van der Waals surface area (Å²) in [6, 6.07) is 12.9. The van der Waals surface area contributed by atoms with Crippen molar-refractivity contribution in [3.8, 4) is 0 Å². The predicted octanol–water partition coefficient (Wildman–Crippen LogP) is 4.42. The van der Waals surface area contributed by atoms with Crippen LogP contribution in [0.15, 0.2) is 47.6 Å². The number of nitrogens with zero attached hydrogens (tertiary/aromatic N) is 2. The first-order chi connectivity index (χ1) is 11.5. The normalized spacial score (nSPS) is 10.2. The van der Waals surface area contributed by atoms with Crippen molar-refractivity contribution in [1.29, 1.82) is 5.41 Å². The van der Waals surface area contributed by atoms with Crippen LogP contribution < -0.4 is 10.6 Å². The lowest BCUT2D eigenvalue weighted by molar-refractivity contribution is 0.921. The van der Waals surface area contributed by atoms with E-state index in [0.717, 1.165) is 24.0 Å². The second-order valence-corrected chi connectivity index (χ2v) is 5.92. The third-order valence-corrected chi connectivity index (χ3v) is 3.94. The van der Waals surface area contributed by atoms with E-state index in [9.17, 15) is 4.91 Å². The van der Waals surface area contributed by atoms with E-state index in [1.165, 1.54) is 4.90 Å². The molecule has 0 bridgehead atoms. The minimum absolute atomic E-state index is 0.0365. The van der Waals surface area contributed by atoms with E-state index in [0.29, 0.717) is 11.3 Å². The summed E-state index contributed by atoms with van der Waals surface area (Å²) in [7, 11) is 0. The Bertz CT molecular complexity index is 788. The molecule has 0 saturated heterocycles. The van der Waals surface area contributed by atoms with Gasteiger partial charge in [-0.05, 0) is 60.1 Å². The maximum Gasteiger partial charge on any atom is 0.176 e. The molecule has 2 rings (SSSR count). The molecule has 124 valence electrons. The van der Waals surface area contributed by atoms with Gasteiger partial charge in [0.15, 0.2) is 5.11 Å². The molecular formula is C18H20N4OS. The van der Waals surface area contributed by atoms with Crippen LogP contribution in [-0.4, -0.2) is 10.9 Å². The van der Waals surface area contributed by atoms with E-state index in [2.05, 4.69) is 12.1 Å². The Hall–Kier alpha value is -2.60. The Labute approximate surface area is 147 Å². The van der Waals surface area contributed by atoms with Gasteiger partial charge >= 0.3 is 0 Å². The summed E-state index contributed by atoms with van der Waals surface area (Å²) in [5, 5.41) is 11.7. The minimum atomic E-state index is 0.0365. The molecule has 0 saturated carbocycles. The van der Waals surface area contributed by atoms with Gasteiger partial charge in [0, 0.05) is 5.56 Å². The second kappa shape index (κ2) is 7.79. The van der Waals surface area contributed by atoms with E-state index in [-0.39, 0.29) is 16.6 Å². The number of amidine groups is 1. The first-order valence-corrected chi connectivity index (χ1v) is 8.10. The van der Waals surface area contributed by atoms with Gasteiger partial charge in [-0.3, -0.25) is 10.3 Å². The number of anilines is 1. The molecule has 6 heteroatoms. The number of rotatable bonds is 5. The third kappa shape index (κ3) is 3.65. The van der Waals surface area contributed by atoms with Gasteiger partial charge in [0.1, 0.15) is 11.5 Å². The van der Waals surface area contributed by atoms with Crippen molar-refractivity contribution in [2.45, 2.75) is 26.7 Å². The molecule has 0 amide bonds. The van der Waals surface area contributed by atoms with E-state index in [1.807, 2.05) is 37.3 Å². The maximum atomic E-state index is 11.3. The van der Waals surface area contributed by atoms with Crippen LogP contribution >= 0.6 is 12.2 Å². The lowest BCUT2D eigenvalue weighted by Crippen LogP contribution is -2.41. The highest BCUT2D eigenvalue weighted by atomic mass is 32.1. The SMILES string of the molecule is CCCc1ccc(C(=N)N(C(N)=S)c2ccccc2C)c(N=O)c1. The number of thiocarbonyl (C=S) groups is 1. The predicted molar refractivity (Wildman–Crippen MR) is 103 cm³/mol. The molecule has 0 spiro atoms. The van der Waals surface area contributed by atoms with Crippen molar-refractivity contribution >= 4 is 34.5 Å². The first kappa shape index (κ1) is 17.7. The highest BCUT2D eigenvalue weighted by Gasteiger charge is 2.21. The zero-order valence-electron chi connectivity index (χ0n) is 13.7. The molecule has 0 unspecified atom stereocenters. The Morgan fingerprint density at radius 3 is 2.58 bits per heavy atom. The standard InChI is InChI=1S/C18H20N4OS/c1-3-6-13-9-10-14(15(11-13)21-23)17(19)22(18(20)24)16-8-5-4-7-12(16)2/h4-5,7-11,19H,3,6H2,1-2H3,(H2,20,24). The molecule has 2 aromatic carbocycles. The summed E-state index contributed by atoms with van der Waals surface area (Å²) in [6.45, 7) is 3.98. The molecule has 24 heavy (non-hydrogen) atoms. The van der Waals surface area contributed by atoms with Gasteiger partial charge in [0.05, 0.1) is 5.69 Å². The quantitative estimate of drug-likeness (QED) is 0.365. The van der Waals surface area contributed by atoms with Crippen LogP contribution in [0.5, 0.6) is 0 Å². The molecule has 0 aliphatic heterocycles. The number of benzene rings is 2. The van der Waals surface area contributed by atoms with Crippen LogP contribution in [-0.2, 0) is 6.42 Å². The Morgan fingerprint density at radius 2 is 2.00 bits per heavy atom. The van der Waals surface area contributed by atoms with Gasteiger partial charge in [0.25, 0.3) is 0 Å². The van der Waals surface area contributed by atoms with Crippen molar-refractivity contribution in [1.82, 2.24) is 0 Å². The number of hydrogen-bond donors (Lipinski definition) is 2. The van der Waals surface area contributed by atoms with Gasteiger partial charge in [0.2, 0.25) is 0 Å². The number of nitroso groups, excluding NO2 is 1. The lowest BCUT2D eigenvalue weighted by atomic mass is 10.0. The highest BCUT2D eigenvalue weighted by Crippen LogP contribution is 2.27. The maximum absolute atomic E-state index is 11.3. The molecule has 0 radical (unpaired) electrons. The van der Waals surface area contributed by atoms with Gasteiger partial charge in [-0.1, -0.05) is 37.6 Å². The van der Waals surface area contributed by atoms with Crippen molar-refractivity contribution in [3.63, 3.8) is 0 Å². The summed E-state index contributed by atoms with van der Waals surface area (Å²) in [4.78, 5) is 12.7. The summed E-state index contributed by atoms with van der Waals surface area (Å²) in [6.07, 6.45) is 1.82. The molecule has 0 heterocycles. The zero-order valence-corrected chi connectivity index (χ0v) is 14.6. The molecule has 0 aliphatic carbocycles. The summed E-state index contributed by atoms with van der Waals surface area (Å²) < 4.78 is 0. The minimum Gasteiger partial charge on any atom is -0.376 e. The Kier molecular flexibility index (Phi) is 5.76. The van der Waals surface area contributed by atoms with Crippen LogP contribution in [0.3, 0.4) is 0 Å². The van der Waals surface area contributed by atoms with Crippen LogP contribution in [0.25, 0.3) is 0 Å². The molecule has 3 N–H and O–H groups in total. The van der Waals surface area contributed by atoms with Crippen molar-refractivity contribution < 1.29 is 0 Å². The third-order valence-electron chi connectivity index (χ3n) is 3.75. The van der Waals surface area contributed by atoms with Crippen LogP contribution in [0.1, 0.15) is 30.0 Å². The molecule has 0 atom stereocenters. The van der Waals surface area contributed by atoms with E-state index < -0.39 is 0 Å². The van der Waals surface area contributed by atoms with Gasteiger partial charge in [-0.15, -0.1) is 4.91 Å². The van der Waals surface area contributed by atoms with Gasteiger partial charge in [-0.25, -0.2) is 0 Å². The fourth-order valence-corrected chi connectivity index (χ4v) is 2.77. The number of aryl methyl sites for hydroxylation is 2. The largest absolute Gasteiger partial charge is 0.376 e. The molecule has 0 aromatic heterocycles.